The second-order valence-electron chi connectivity index (χ2n) is 11.8. The Morgan fingerprint density at radius 3 is 1.91 bits per heavy atom. The second kappa shape index (κ2) is 12.0. The van der Waals surface area contributed by atoms with Gasteiger partial charge in [0.2, 0.25) is 0 Å². The molecule has 4 aromatic carbocycles. The van der Waals surface area contributed by atoms with Crippen molar-refractivity contribution in [1.29, 1.82) is 5.26 Å². The Labute approximate surface area is 263 Å². The molecule has 7 nitrogen and oxygen atoms in total. The number of nitrogens with zero attached hydrogens (tertiary/aromatic N) is 1. The highest BCUT2D eigenvalue weighted by atomic mass is 16.8. The Hall–Kier alpha value is -4.74. The molecule has 6 rings (SSSR count). The summed E-state index contributed by atoms with van der Waals surface area (Å²) in [6.07, 6.45) is -2.50. The molecule has 2 fully saturated rings. The first-order valence-corrected chi connectivity index (χ1v) is 14.9. The van der Waals surface area contributed by atoms with Gasteiger partial charge in [0.15, 0.2) is 11.9 Å². The van der Waals surface area contributed by atoms with E-state index in [0.29, 0.717) is 16.9 Å². The molecule has 0 aromatic heterocycles. The third-order valence-corrected chi connectivity index (χ3v) is 8.65. The Balaban J connectivity index is 1.44. The number of methoxy groups -OCH3 is 1. The van der Waals surface area contributed by atoms with Crippen LogP contribution in [0.2, 0.25) is 0 Å². The molecule has 1 heterocycles. The standard InChI is InChI=1S/C38H35NO6/c1-26-32(43-35(40)27-14-8-5-9-15-27)33-34(45-36(2,3)44-33)37(26,24-39)25-42-38(28-16-10-6-11-17-28,29-18-12-7-13-19-29)30-20-22-31(41-4)23-21-30/h5-23,32-34H,1,25H2,2-4H3/t32-,33-,34-,37-/m0/s1. The van der Waals surface area contributed by atoms with E-state index in [1.165, 1.54) is 0 Å². The van der Waals surface area contributed by atoms with E-state index in [2.05, 4.69) is 12.6 Å². The van der Waals surface area contributed by atoms with Crippen LogP contribution in [0.5, 0.6) is 5.75 Å². The number of esters is 1. The molecule has 4 atom stereocenters. The normalized spacial score (nSPS) is 23.6. The van der Waals surface area contributed by atoms with Crippen LogP contribution in [0, 0.1) is 16.7 Å². The minimum absolute atomic E-state index is 0.127. The predicted molar refractivity (Wildman–Crippen MR) is 168 cm³/mol. The van der Waals surface area contributed by atoms with Gasteiger partial charge in [0.05, 0.1) is 25.3 Å². The fourth-order valence-electron chi connectivity index (χ4n) is 6.41. The smallest absolute Gasteiger partial charge is 0.338 e. The lowest BCUT2D eigenvalue weighted by molar-refractivity contribution is -0.168. The summed E-state index contributed by atoms with van der Waals surface area (Å²) in [4.78, 5) is 13.2. The molecule has 0 bridgehead atoms. The lowest BCUT2D eigenvalue weighted by Gasteiger charge is -2.39. The predicted octanol–water partition coefficient (Wildman–Crippen LogP) is 6.83. The quantitative estimate of drug-likeness (QED) is 0.118. The second-order valence-corrected chi connectivity index (χ2v) is 11.8. The van der Waals surface area contributed by atoms with Crippen molar-refractivity contribution in [3.63, 3.8) is 0 Å². The van der Waals surface area contributed by atoms with Gasteiger partial charge >= 0.3 is 5.97 Å². The average Bonchev–Trinajstić information content (AvgIpc) is 3.51. The Bertz CT molecular complexity index is 1660. The number of hydrogen-bond acceptors (Lipinski definition) is 7. The molecule has 0 unspecified atom stereocenters. The van der Waals surface area contributed by atoms with Crippen LogP contribution in [-0.2, 0) is 24.5 Å². The maximum atomic E-state index is 13.2. The topological polar surface area (TPSA) is 87.0 Å². The third kappa shape index (κ3) is 5.32. The molecular weight excluding hydrogens is 566 g/mol. The van der Waals surface area contributed by atoms with Gasteiger partial charge in [-0.15, -0.1) is 0 Å². The summed E-state index contributed by atoms with van der Waals surface area (Å²) >= 11 is 0. The molecule has 1 aliphatic heterocycles. The highest BCUT2D eigenvalue weighted by Crippen LogP contribution is 2.54. The highest BCUT2D eigenvalue weighted by molar-refractivity contribution is 5.89. The molecular formula is C38H35NO6. The van der Waals surface area contributed by atoms with Crippen LogP contribution < -0.4 is 4.74 Å². The van der Waals surface area contributed by atoms with Gasteiger partial charge in [-0.05, 0) is 60.4 Å². The van der Waals surface area contributed by atoms with E-state index in [1.807, 2.05) is 91.0 Å². The molecule has 0 radical (unpaired) electrons. The fraction of sp³-hybridized carbons (Fsp3) is 0.263. The monoisotopic (exact) mass is 601 g/mol. The van der Waals surface area contributed by atoms with E-state index in [0.717, 1.165) is 16.7 Å². The van der Waals surface area contributed by atoms with Crippen LogP contribution >= 0.6 is 0 Å². The molecule has 4 aromatic rings. The molecule has 0 amide bonds. The number of carbonyl (C=O) groups is 1. The van der Waals surface area contributed by atoms with Gasteiger partial charge in [0.1, 0.15) is 29.0 Å². The summed E-state index contributed by atoms with van der Waals surface area (Å²) in [5.41, 5.74) is 0.770. The fourth-order valence-corrected chi connectivity index (χ4v) is 6.41. The summed E-state index contributed by atoms with van der Waals surface area (Å²) in [5.74, 6) is -0.859. The first kappa shape index (κ1) is 30.3. The Morgan fingerprint density at radius 2 is 1.38 bits per heavy atom. The summed E-state index contributed by atoms with van der Waals surface area (Å²) in [7, 11) is 1.62. The van der Waals surface area contributed by atoms with Crippen molar-refractivity contribution in [2.75, 3.05) is 13.7 Å². The number of rotatable bonds is 9. The van der Waals surface area contributed by atoms with Gasteiger partial charge in [0, 0.05) is 0 Å². The number of hydrogen-bond donors (Lipinski definition) is 0. The van der Waals surface area contributed by atoms with Crippen LogP contribution in [0.25, 0.3) is 0 Å². The van der Waals surface area contributed by atoms with E-state index < -0.39 is 41.1 Å². The maximum absolute atomic E-state index is 13.2. The minimum atomic E-state index is -1.42. The van der Waals surface area contributed by atoms with Crippen LogP contribution in [0.3, 0.4) is 0 Å². The van der Waals surface area contributed by atoms with Gasteiger partial charge in [-0.25, -0.2) is 4.79 Å². The van der Waals surface area contributed by atoms with Gasteiger partial charge in [0.25, 0.3) is 0 Å². The van der Waals surface area contributed by atoms with E-state index in [1.54, 1.807) is 45.2 Å². The number of benzene rings is 4. The molecule has 0 N–H and O–H groups in total. The zero-order chi connectivity index (χ0) is 31.7. The van der Waals surface area contributed by atoms with Gasteiger partial charge in [-0.3, -0.25) is 0 Å². The van der Waals surface area contributed by atoms with Gasteiger partial charge in [-0.1, -0.05) is 97.6 Å². The first-order valence-electron chi connectivity index (χ1n) is 14.9. The summed E-state index contributed by atoms with van der Waals surface area (Å²) in [5, 5.41) is 11.0. The van der Waals surface area contributed by atoms with Crippen LogP contribution in [-0.4, -0.2) is 43.8 Å². The lowest BCUT2D eigenvalue weighted by atomic mass is 9.78. The third-order valence-electron chi connectivity index (χ3n) is 8.65. The molecule has 1 aliphatic carbocycles. The van der Waals surface area contributed by atoms with Crippen LogP contribution in [0.4, 0.5) is 0 Å². The zero-order valence-corrected chi connectivity index (χ0v) is 25.5. The van der Waals surface area contributed by atoms with Crippen molar-refractivity contribution < 1.29 is 28.5 Å². The molecule has 45 heavy (non-hydrogen) atoms. The van der Waals surface area contributed by atoms with Crippen molar-refractivity contribution in [2.24, 2.45) is 5.41 Å². The van der Waals surface area contributed by atoms with E-state index in [9.17, 15) is 10.1 Å². The van der Waals surface area contributed by atoms with Crippen molar-refractivity contribution >= 4 is 5.97 Å². The van der Waals surface area contributed by atoms with E-state index in [4.69, 9.17) is 23.7 Å². The molecule has 0 spiro atoms. The van der Waals surface area contributed by atoms with Crippen molar-refractivity contribution in [1.82, 2.24) is 0 Å². The molecule has 1 saturated carbocycles. The Morgan fingerprint density at radius 1 is 0.844 bits per heavy atom. The zero-order valence-electron chi connectivity index (χ0n) is 25.5. The van der Waals surface area contributed by atoms with Gasteiger partial charge < -0.3 is 23.7 Å². The summed E-state index contributed by atoms with van der Waals surface area (Å²) in [6.45, 7) is 7.76. The molecule has 7 heteroatoms. The van der Waals surface area contributed by atoms with E-state index >= 15 is 0 Å². The maximum Gasteiger partial charge on any atom is 0.338 e. The summed E-state index contributed by atoms with van der Waals surface area (Å²) < 4.78 is 31.3. The van der Waals surface area contributed by atoms with E-state index in [-0.39, 0.29) is 6.61 Å². The SMILES string of the molecule is C=C1[C@H](OC(=O)c2ccccc2)[C@@H]2OC(C)(C)O[C@@H]2[C@@]1(C#N)COC(c1ccccc1)(c1ccccc1)c1ccc(OC)cc1. The molecule has 1 saturated heterocycles. The van der Waals surface area contributed by atoms with Gasteiger partial charge in [-0.2, -0.15) is 5.26 Å². The number of ether oxygens (including phenoxy) is 5. The number of nitriles is 1. The largest absolute Gasteiger partial charge is 0.497 e. The lowest BCUT2D eigenvalue weighted by Crippen LogP contribution is -2.43. The Kier molecular flexibility index (Phi) is 8.07. The van der Waals surface area contributed by atoms with Crippen LogP contribution in [0.1, 0.15) is 40.9 Å². The summed E-state index contributed by atoms with van der Waals surface area (Å²) in [6, 6.07) is 38.7. The first-order chi connectivity index (χ1) is 21.7. The van der Waals surface area contributed by atoms with Crippen molar-refractivity contribution in [3.05, 3.63) is 150 Å². The number of carbonyl (C=O) groups excluding carboxylic acids is 1. The highest BCUT2D eigenvalue weighted by Gasteiger charge is 2.66. The average molecular weight is 602 g/mol. The van der Waals surface area contributed by atoms with Crippen LogP contribution in [0.15, 0.2) is 127 Å². The van der Waals surface area contributed by atoms with Crippen molar-refractivity contribution in [2.45, 2.75) is 43.5 Å². The molecule has 2 aliphatic rings. The number of fused-ring (bicyclic) bond motifs is 1. The van der Waals surface area contributed by atoms with Crippen molar-refractivity contribution in [3.8, 4) is 11.8 Å². The minimum Gasteiger partial charge on any atom is -0.497 e. The molecule has 228 valence electrons.